The van der Waals surface area contributed by atoms with Gasteiger partial charge in [-0.25, -0.2) is 4.39 Å². The summed E-state index contributed by atoms with van der Waals surface area (Å²) in [6.07, 6.45) is 0. The molecule has 0 aliphatic carbocycles. The number of halogens is 1. The van der Waals surface area contributed by atoms with Gasteiger partial charge >= 0.3 is 4.87 Å². The van der Waals surface area contributed by atoms with Crippen LogP contribution >= 0.6 is 23.1 Å². The van der Waals surface area contributed by atoms with Gasteiger partial charge in [-0.3, -0.25) is 14.2 Å². The maximum atomic E-state index is 13.1. The first kappa shape index (κ1) is 17.7. The zero-order chi connectivity index (χ0) is 19.3. The molecular weight excluding hydrogens is 397 g/mol. The summed E-state index contributed by atoms with van der Waals surface area (Å²) >= 11 is 2.84. The van der Waals surface area contributed by atoms with Crippen molar-refractivity contribution in [1.82, 2.24) is 4.57 Å². The number of fused-ring (bicyclic) bond motifs is 5. The van der Waals surface area contributed by atoms with Gasteiger partial charge in [0, 0.05) is 33.6 Å². The first-order valence-corrected chi connectivity index (χ1v) is 10.8. The van der Waals surface area contributed by atoms with Crippen molar-refractivity contribution in [2.24, 2.45) is 5.92 Å². The van der Waals surface area contributed by atoms with Gasteiger partial charge in [0.05, 0.1) is 18.2 Å². The van der Waals surface area contributed by atoms with Crippen LogP contribution in [-0.2, 0) is 6.54 Å². The van der Waals surface area contributed by atoms with Crippen LogP contribution in [-0.4, -0.2) is 22.7 Å². The Morgan fingerprint density at radius 2 is 1.96 bits per heavy atom. The molecule has 5 rings (SSSR count). The fourth-order valence-electron chi connectivity index (χ4n) is 3.86. The van der Waals surface area contributed by atoms with Crippen molar-refractivity contribution >= 4 is 28.9 Å². The summed E-state index contributed by atoms with van der Waals surface area (Å²) in [6, 6.07) is 13.4. The number of carbonyl (C=O) groups excluding carboxylic acids is 1. The second-order valence-electron chi connectivity index (χ2n) is 6.95. The van der Waals surface area contributed by atoms with Gasteiger partial charge in [0.1, 0.15) is 11.6 Å². The molecule has 0 bridgehead atoms. The molecule has 0 spiro atoms. The van der Waals surface area contributed by atoms with E-state index in [1.807, 2.05) is 18.2 Å². The lowest BCUT2D eigenvalue weighted by atomic mass is 9.84. The number of carbonyl (C=O) groups is 1. The number of hydrogen-bond donors (Lipinski definition) is 0. The van der Waals surface area contributed by atoms with Gasteiger partial charge in [-0.1, -0.05) is 29.5 Å². The van der Waals surface area contributed by atoms with E-state index >= 15 is 0 Å². The van der Waals surface area contributed by atoms with Crippen molar-refractivity contribution in [2.75, 3.05) is 12.4 Å². The molecule has 0 radical (unpaired) electrons. The van der Waals surface area contributed by atoms with E-state index in [1.54, 1.807) is 16.3 Å². The number of thiazole rings is 1. The number of thioether (sulfide) groups is 1. The highest BCUT2D eigenvalue weighted by molar-refractivity contribution is 7.99. The Morgan fingerprint density at radius 1 is 1.18 bits per heavy atom. The van der Waals surface area contributed by atoms with Gasteiger partial charge in [-0.15, -0.1) is 11.8 Å². The smallest absolute Gasteiger partial charge is 0.308 e. The molecule has 28 heavy (non-hydrogen) atoms. The first-order valence-electron chi connectivity index (χ1n) is 8.98. The molecule has 4 nitrogen and oxygen atoms in total. The van der Waals surface area contributed by atoms with E-state index in [0.717, 1.165) is 27.0 Å². The summed E-state index contributed by atoms with van der Waals surface area (Å²) in [6.45, 7) is 0.605. The number of nitrogens with zero attached hydrogens (tertiary/aromatic N) is 1. The van der Waals surface area contributed by atoms with Crippen molar-refractivity contribution < 1.29 is 13.9 Å². The molecule has 0 N–H and O–H groups in total. The molecule has 1 aromatic heterocycles. The predicted octanol–water partition coefficient (Wildman–Crippen LogP) is 4.18. The van der Waals surface area contributed by atoms with Crippen LogP contribution in [0.5, 0.6) is 5.75 Å². The third kappa shape index (κ3) is 2.89. The third-order valence-electron chi connectivity index (χ3n) is 5.24. The molecule has 2 aliphatic rings. The van der Waals surface area contributed by atoms with Crippen LogP contribution < -0.4 is 9.61 Å². The third-order valence-corrected chi connectivity index (χ3v) is 7.74. The quantitative estimate of drug-likeness (QED) is 0.605. The minimum atomic E-state index is -0.388. The molecule has 0 saturated heterocycles. The maximum Gasteiger partial charge on any atom is 0.308 e. The molecule has 3 aromatic rings. The monoisotopic (exact) mass is 413 g/mol. The Morgan fingerprint density at radius 3 is 2.79 bits per heavy atom. The SMILES string of the molecule is O=C(Cn1c2c(sc1=O)[C@@H]1c3ccccc3OC[C@@H]1CS2)c1ccc(F)cc1. The molecule has 7 heteroatoms. The average Bonchev–Trinajstić information content (AvgIpc) is 3.03. The molecule has 2 aromatic carbocycles. The van der Waals surface area contributed by atoms with E-state index in [4.69, 9.17) is 4.74 Å². The van der Waals surface area contributed by atoms with Gasteiger partial charge in [-0.2, -0.15) is 0 Å². The molecule has 2 atom stereocenters. The van der Waals surface area contributed by atoms with Crippen LogP contribution in [0.25, 0.3) is 0 Å². The van der Waals surface area contributed by atoms with Crippen LogP contribution in [0.15, 0.2) is 58.4 Å². The molecular formula is C21H16FNO3S2. The molecule has 0 fully saturated rings. The van der Waals surface area contributed by atoms with E-state index in [2.05, 4.69) is 6.07 Å². The number of ether oxygens (including phenoxy) is 1. The van der Waals surface area contributed by atoms with Crippen molar-refractivity contribution in [3.8, 4) is 5.75 Å². The van der Waals surface area contributed by atoms with Crippen LogP contribution in [0, 0.1) is 11.7 Å². The molecule has 2 aliphatic heterocycles. The average molecular weight is 413 g/mol. The number of ketones is 1. The van der Waals surface area contributed by atoms with Gasteiger partial charge in [0.15, 0.2) is 5.78 Å². The Hall–Kier alpha value is -2.38. The van der Waals surface area contributed by atoms with Crippen LogP contribution in [0.4, 0.5) is 4.39 Å². The lowest BCUT2D eigenvalue weighted by Crippen LogP contribution is -2.31. The molecule has 0 unspecified atom stereocenters. The van der Waals surface area contributed by atoms with Crippen molar-refractivity contribution in [3.05, 3.63) is 80.0 Å². The topological polar surface area (TPSA) is 48.3 Å². The van der Waals surface area contributed by atoms with Gasteiger partial charge in [0.25, 0.3) is 0 Å². The van der Waals surface area contributed by atoms with Crippen LogP contribution in [0.1, 0.15) is 26.7 Å². The largest absolute Gasteiger partial charge is 0.493 e. The molecule has 0 saturated carbocycles. The summed E-state index contributed by atoms with van der Waals surface area (Å²) in [5, 5.41) is 0.878. The van der Waals surface area contributed by atoms with E-state index < -0.39 is 0 Å². The Kier molecular flexibility index (Phi) is 4.36. The van der Waals surface area contributed by atoms with Crippen molar-refractivity contribution in [1.29, 1.82) is 0 Å². The summed E-state index contributed by atoms with van der Waals surface area (Å²) < 4.78 is 20.6. The van der Waals surface area contributed by atoms with E-state index in [9.17, 15) is 14.0 Å². The highest BCUT2D eigenvalue weighted by Gasteiger charge is 2.39. The number of Topliss-reactive ketones (excluding diaryl/α,β-unsaturated/α-hetero) is 1. The van der Waals surface area contributed by atoms with Gasteiger partial charge in [-0.05, 0) is 30.3 Å². The van der Waals surface area contributed by atoms with Crippen molar-refractivity contribution in [3.63, 3.8) is 0 Å². The normalized spacial score (nSPS) is 19.9. The zero-order valence-corrected chi connectivity index (χ0v) is 16.4. The highest BCUT2D eigenvalue weighted by Crippen LogP contribution is 2.50. The zero-order valence-electron chi connectivity index (χ0n) is 14.8. The first-order chi connectivity index (χ1) is 13.6. The highest BCUT2D eigenvalue weighted by atomic mass is 32.2. The number of aromatic nitrogens is 1. The number of rotatable bonds is 3. The van der Waals surface area contributed by atoms with E-state index in [0.29, 0.717) is 18.1 Å². The Balaban J connectivity index is 1.53. The van der Waals surface area contributed by atoms with Gasteiger partial charge < -0.3 is 4.74 Å². The summed E-state index contributed by atoms with van der Waals surface area (Å²) in [4.78, 5) is 26.3. The summed E-state index contributed by atoms with van der Waals surface area (Å²) in [7, 11) is 0. The second kappa shape index (κ2) is 6.90. The second-order valence-corrected chi connectivity index (χ2v) is 8.95. The predicted molar refractivity (Wildman–Crippen MR) is 107 cm³/mol. The fraction of sp³-hybridized carbons (Fsp3) is 0.238. The molecule has 142 valence electrons. The van der Waals surface area contributed by atoms with Crippen LogP contribution in [0.3, 0.4) is 0 Å². The number of para-hydroxylation sites is 1. The van der Waals surface area contributed by atoms with Gasteiger partial charge in [0.2, 0.25) is 0 Å². The number of hydrogen-bond acceptors (Lipinski definition) is 5. The Bertz CT molecular complexity index is 1120. The molecule has 3 heterocycles. The van der Waals surface area contributed by atoms with Crippen molar-refractivity contribution in [2.45, 2.75) is 17.5 Å². The minimum absolute atomic E-state index is 0.0289. The minimum Gasteiger partial charge on any atom is -0.493 e. The standard InChI is InChI=1S/C21H16FNO3S2/c22-14-7-5-12(6-8-14)16(24)9-23-20-19(28-21(23)25)18-13(11-27-20)10-26-17-4-2-1-3-15(17)18/h1-8,13,18H,9-11H2/t13-,18+/m1/s1. The summed E-state index contributed by atoms with van der Waals surface area (Å²) in [5.41, 5.74) is 1.52. The lowest BCUT2D eigenvalue weighted by Gasteiger charge is -2.36. The summed E-state index contributed by atoms with van der Waals surface area (Å²) in [5.74, 6) is 1.57. The lowest BCUT2D eigenvalue weighted by molar-refractivity contribution is 0.0968. The maximum absolute atomic E-state index is 13.1. The van der Waals surface area contributed by atoms with E-state index in [-0.39, 0.29) is 28.9 Å². The fourth-order valence-corrected chi connectivity index (χ4v) is 6.55. The van der Waals surface area contributed by atoms with E-state index in [1.165, 1.54) is 35.6 Å². The molecule has 0 amide bonds. The van der Waals surface area contributed by atoms with Crippen LogP contribution in [0.2, 0.25) is 0 Å². The Labute approximate surface area is 169 Å². The number of benzene rings is 2.